The SMILES string of the molecule is O=C(CCCCC(=O)N/N=C/c1cccc(Cl)c1)N/N=C/c1cccc(Cl)c1. The predicted octanol–water partition coefficient (Wildman–Crippen LogP) is 4.15. The molecule has 0 aliphatic carbocycles. The van der Waals surface area contributed by atoms with Crippen molar-refractivity contribution in [2.24, 2.45) is 10.2 Å². The van der Waals surface area contributed by atoms with Crippen molar-refractivity contribution >= 4 is 47.4 Å². The summed E-state index contributed by atoms with van der Waals surface area (Å²) in [5, 5.41) is 8.97. The van der Waals surface area contributed by atoms with Gasteiger partial charge < -0.3 is 0 Å². The average molecular weight is 419 g/mol. The van der Waals surface area contributed by atoms with E-state index < -0.39 is 0 Å². The molecular weight excluding hydrogens is 399 g/mol. The highest BCUT2D eigenvalue weighted by atomic mass is 35.5. The summed E-state index contributed by atoms with van der Waals surface area (Å²) < 4.78 is 0. The first-order valence-corrected chi connectivity index (χ1v) is 9.43. The molecule has 0 aliphatic heterocycles. The molecule has 0 aromatic heterocycles. The maximum atomic E-state index is 11.7. The number of rotatable bonds is 9. The van der Waals surface area contributed by atoms with Gasteiger partial charge in [-0.1, -0.05) is 47.5 Å². The number of hydrogen-bond donors (Lipinski definition) is 2. The van der Waals surface area contributed by atoms with Crippen LogP contribution in [0.4, 0.5) is 0 Å². The maximum absolute atomic E-state index is 11.7. The number of amides is 2. The van der Waals surface area contributed by atoms with Crippen LogP contribution in [-0.4, -0.2) is 24.2 Å². The predicted molar refractivity (Wildman–Crippen MR) is 113 cm³/mol. The van der Waals surface area contributed by atoms with E-state index in [2.05, 4.69) is 21.1 Å². The molecule has 0 spiro atoms. The molecule has 0 saturated heterocycles. The molecule has 0 saturated carbocycles. The number of carbonyl (C=O) groups is 2. The summed E-state index contributed by atoms with van der Waals surface area (Å²) in [6.07, 6.45) is 4.76. The van der Waals surface area contributed by atoms with Gasteiger partial charge in [-0.3, -0.25) is 9.59 Å². The Morgan fingerprint density at radius 1 is 0.786 bits per heavy atom. The zero-order chi connectivity index (χ0) is 20.2. The first-order valence-electron chi connectivity index (χ1n) is 8.68. The van der Waals surface area contributed by atoms with Crippen LogP contribution in [0.15, 0.2) is 58.7 Å². The minimum atomic E-state index is -0.210. The van der Waals surface area contributed by atoms with Crippen molar-refractivity contribution in [1.82, 2.24) is 10.9 Å². The lowest BCUT2D eigenvalue weighted by molar-refractivity contribution is -0.123. The lowest BCUT2D eigenvalue weighted by Crippen LogP contribution is -2.19. The van der Waals surface area contributed by atoms with Crippen LogP contribution in [0.2, 0.25) is 10.0 Å². The molecule has 0 bridgehead atoms. The minimum Gasteiger partial charge on any atom is -0.273 e. The number of nitrogens with one attached hydrogen (secondary N) is 2. The highest BCUT2D eigenvalue weighted by Crippen LogP contribution is 2.09. The second-order valence-electron chi connectivity index (χ2n) is 5.90. The number of hydrazone groups is 2. The molecule has 0 heterocycles. The van der Waals surface area contributed by atoms with Gasteiger partial charge in [0.1, 0.15) is 0 Å². The van der Waals surface area contributed by atoms with Crippen molar-refractivity contribution in [2.45, 2.75) is 25.7 Å². The van der Waals surface area contributed by atoms with Gasteiger partial charge in [0.25, 0.3) is 0 Å². The van der Waals surface area contributed by atoms with Gasteiger partial charge in [0.05, 0.1) is 12.4 Å². The third kappa shape index (κ3) is 8.79. The quantitative estimate of drug-likeness (QED) is 0.364. The Labute approximate surface area is 173 Å². The molecule has 2 aromatic carbocycles. The molecule has 0 radical (unpaired) electrons. The zero-order valence-corrected chi connectivity index (χ0v) is 16.6. The fourth-order valence-electron chi connectivity index (χ4n) is 2.21. The summed E-state index contributed by atoms with van der Waals surface area (Å²) in [4.78, 5) is 23.4. The number of halogens is 2. The molecule has 0 atom stereocenters. The van der Waals surface area contributed by atoms with Crippen molar-refractivity contribution in [1.29, 1.82) is 0 Å². The van der Waals surface area contributed by atoms with Gasteiger partial charge >= 0.3 is 0 Å². The van der Waals surface area contributed by atoms with E-state index in [-0.39, 0.29) is 24.7 Å². The Morgan fingerprint density at radius 2 is 1.21 bits per heavy atom. The molecule has 2 aromatic rings. The van der Waals surface area contributed by atoms with Crippen LogP contribution in [-0.2, 0) is 9.59 Å². The van der Waals surface area contributed by atoms with Gasteiger partial charge in [0, 0.05) is 22.9 Å². The van der Waals surface area contributed by atoms with Gasteiger partial charge in [-0.05, 0) is 48.2 Å². The second-order valence-corrected chi connectivity index (χ2v) is 6.78. The van der Waals surface area contributed by atoms with Crippen molar-refractivity contribution in [3.63, 3.8) is 0 Å². The molecular formula is C20H20Cl2N4O2. The van der Waals surface area contributed by atoms with Gasteiger partial charge in [-0.25, -0.2) is 10.9 Å². The van der Waals surface area contributed by atoms with Gasteiger partial charge in [0.15, 0.2) is 0 Å². The molecule has 2 N–H and O–H groups in total. The number of nitrogens with zero attached hydrogens (tertiary/aromatic N) is 2. The van der Waals surface area contributed by atoms with E-state index in [1.807, 2.05) is 12.1 Å². The first kappa shape index (κ1) is 21.6. The molecule has 6 nitrogen and oxygen atoms in total. The van der Waals surface area contributed by atoms with Crippen LogP contribution in [0, 0.1) is 0 Å². The Morgan fingerprint density at radius 3 is 1.61 bits per heavy atom. The van der Waals surface area contributed by atoms with E-state index >= 15 is 0 Å². The normalized spacial score (nSPS) is 11.1. The lowest BCUT2D eigenvalue weighted by atomic mass is 10.2. The Kier molecular flexibility index (Phi) is 9.18. The molecule has 146 valence electrons. The summed E-state index contributed by atoms with van der Waals surface area (Å²) >= 11 is 11.7. The van der Waals surface area contributed by atoms with E-state index in [0.29, 0.717) is 22.9 Å². The molecule has 0 unspecified atom stereocenters. The van der Waals surface area contributed by atoms with Crippen LogP contribution in [0.3, 0.4) is 0 Å². The molecule has 28 heavy (non-hydrogen) atoms. The van der Waals surface area contributed by atoms with Crippen molar-refractivity contribution < 1.29 is 9.59 Å². The largest absolute Gasteiger partial charge is 0.273 e. The van der Waals surface area contributed by atoms with E-state index in [1.54, 1.807) is 36.4 Å². The molecule has 0 aliphatic rings. The maximum Gasteiger partial charge on any atom is 0.240 e. The zero-order valence-electron chi connectivity index (χ0n) is 15.1. The summed E-state index contributed by atoms with van der Waals surface area (Å²) in [6, 6.07) is 14.3. The summed E-state index contributed by atoms with van der Waals surface area (Å²) in [7, 11) is 0. The van der Waals surface area contributed by atoms with Gasteiger partial charge in [-0.2, -0.15) is 10.2 Å². The van der Waals surface area contributed by atoms with Crippen molar-refractivity contribution in [2.75, 3.05) is 0 Å². The second kappa shape index (κ2) is 11.9. The fraction of sp³-hybridized carbons (Fsp3) is 0.200. The topological polar surface area (TPSA) is 82.9 Å². The minimum absolute atomic E-state index is 0.210. The Balaban J connectivity index is 1.58. The van der Waals surface area contributed by atoms with Crippen molar-refractivity contribution in [3.8, 4) is 0 Å². The highest BCUT2D eigenvalue weighted by molar-refractivity contribution is 6.31. The summed E-state index contributed by atoms with van der Waals surface area (Å²) in [5.74, 6) is -0.421. The number of carbonyl (C=O) groups excluding carboxylic acids is 2. The van der Waals surface area contributed by atoms with E-state index in [1.165, 1.54) is 12.4 Å². The Hall–Kier alpha value is -2.70. The Bertz CT molecular complexity index is 797. The van der Waals surface area contributed by atoms with Gasteiger partial charge in [-0.15, -0.1) is 0 Å². The van der Waals surface area contributed by atoms with E-state index in [0.717, 1.165) is 11.1 Å². The van der Waals surface area contributed by atoms with Crippen molar-refractivity contribution in [3.05, 3.63) is 69.7 Å². The third-order valence-corrected chi connectivity index (χ3v) is 4.03. The average Bonchev–Trinajstić information content (AvgIpc) is 2.65. The fourth-order valence-corrected chi connectivity index (χ4v) is 2.61. The van der Waals surface area contributed by atoms with Crippen LogP contribution in [0.1, 0.15) is 36.8 Å². The van der Waals surface area contributed by atoms with Crippen LogP contribution in [0.25, 0.3) is 0 Å². The molecule has 0 fully saturated rings. The van der Waals surface area contributed by atoms with E-state index in [4.69, 9.17) is 23.2 Å². The van der Waals surface area contributed by atoms with Crippen LogP contribution in [0.5, 0.6) is 0 Å². The standard InChI is InChI=1S/C20H20Cl2N4O2/c21-17-7-3-5-15(11-17)13-23-25-19(27)9-1-2-10-20(28)26-24-14-16-6-4-8-18(22)12-16/h3-8,11-14H,1-2,9-10H2,(H,25,27)(H,26,28)/b23-13+,24-14+. The van der Waals surface area contributed by atoms with E-state index in [9.17, 15) is 9.59 Å². The number of unbranched alkanes of at least 4 members (excludes halogenated alkanes) is 1. The number of benzene rings is 2. The monoisotopic (exact) mass is 418 g/mol. The van der Waals surface area contributed by atoms with Crippen LogP contribution < -0.4 is 10.9 Å². The first-order chi connectivity index (χ1) is 13.5. The van der Waals surface area contributed by atoms with Gasteiger partial charge in [0.2, 0.25) is 11.8 Å². The third-order valence-electron chi connectivity index (χ3n) is 3.56. The summed E-state index contributed by atoms with van der Waals surface area (Å²) in [6.45, 7) is 0. The molecule has 2 amide bonds. The lowest BCUT2D eigenvalue weighted by Gasteiger charge is -2.01. The smallest absolute Gasteiger partial charge is 0.240 e. The summed E-state index contributed by atoms with van der Waals surface area (Å²) in [5.41, 5.74) is 6.49. The van der Waals surface area contributed by atoms with Crippen LogP contribution >= 0.6 is 23.2 Å². The number of hydrogen-bond acceptors (Lipinski definition) is 4. The highest BCUT2D eigenvalue weighted by Gasteiger charge is 2.03. The molecule has 2 rings (SSSR count). The molecule has 8 heteroatoms.